The Balaban J connectivity index is 1.21. The molecule has 0 saturated heterocycles. The van der Waals surface area contributed by atoms with Gasteiger partial charge >= 0.3 is 11.9 Å². The molecule has 4 aromatic rings. The second-order valence-corrected chi connectivity index (χ2v) is 12.8. The number of esters is 2. The van der Waals surface area contributed by atoms with Crippen molar-refractivity contribution >= 4 is 28.3 Å². The van der Waals surface area contributed by atoms with E-state index in [0.29, 0.717) is 11.1 Å². The zero-order valence-corrected chi connectivity index (χ0v) is 24.1. The highest BCUT2D eigenvalue weighted by atomic mass is 16.5. The molecule has 4 aliphatic rings. The number of methoxy groups -OCH3 is 1. The van der Waals surface area contributed by atoms with Crippen LogP contribution in [0.4, 0.5) is 0 Å². The van der Waals surface area contributed by atoms with Gasteiger partial charge in [-0.15, -0.1) is 0 Å². The Hall–Kier alpha value is -4.18. The molecule has 212 valence electrons. The van der Waals surface area contributed by atoms with Crippen molar-refractivity contribution in [1.29, 1.82) is 0 Å². The number of ether oxygens (including phenoxy) is 2. The third kappa shape index (κ3) is 4.83. The molecule has 4 aliphatic carbocycles. The second-order valence-electron chi connectivity index (χ2n) is 12.8. The molecule has 4 heteroatoms. The minimum Gasteiger partial charge on any atom is -0.465 e. The molecule has 0 heterocycles. The minimum absolute atomic E-state index is 0.100. The molecule has 4 fully saturated rings. The van der Waals surface area contributed by atoms with Crippen LogP contribution in [0.3, 0.4) is 0 Å². The number of carbonyl (C=O) groups excluding carboxylic acids is 2. The topological polar surface area (TPSA) is 52.6 Å². The maximum absolute atomic E-state index is 12.7. The lowest BCUT2D eigenvalue weighted by molar-refractivity contribution is -0.133. The van der Waals surface area contributed by atoms with Gasteiger partial charge in [0.2, 0.25) is 0 Å². The summed E-state index contributed by atoms with van der Waals surface area (Å²) in [6, 6.07) is 28.3. The first kappa shape index (κ1) is 26.7. The van der Waals surface area contributed by atoms with E-state index in [1.54, 1.807) is 0 Å². The van der Waals surface area contributed by atoms with Crippen molar-refractivity contribution in [3.05, 3.63) is 114 Å². The molecule has 0 N–H and O–H groups in total. The largest absolute Gasteiger partial charge is 0.465 e. The van der Waals surface area contributed by atoms with E-state index < -0.39 is 0 Å². The van der Waals surface area contributed by atoms with Gasteiger partial charge in [0, 0.05) is 0 Å². The van der Waals surface area contributed by atoms with Crippen molar-refractivity contribution in [2.75, 3.05) is 7.11 Å². The van der Waals surface area contributed by atoms with E-state index in [4.69, 9.17) is 9.47 Å². The summed E-state index contributed by atoms with van der Waals surface area (Å²) < 4.78 is 10.6. The van der Waals surface area contributed by atoms with Gasteiger partial charge in [0.25, 0.3) is 0 Å². The van der Waals surface area contributed by atoms with Crippen LogP contribution in [0.1, 0.15) is 65.6 Å². The van der Waals surface area contributed by atoms with Crippen molar-refractivity contribution in [2.45, 2.75) is 50.5 Å². The Labute approximate surface area is 247 Å². The predicted octanol–water partition coefficient (Wildman–Crippen LogP) is 8.52. The number of fused-ring (bicyclic) bond motifs is 1. The summed E-state index contributed by atoms with van der Waals surface area (Å²) in [6.45, 7) is 4.42. The first-order valence-electron chi connectivity index (χ1n) is 15.1. The van der Waals surface area contributed by atoms with E-state index >= 15 is 0 Å². The van der Waals surface area contributed by atoms with Gasteiger partial charge < -0.3 is 9.47 Å². The quantitative estimate of drug-likeness (QED) is 0.169. The summed E-state index contributed by atoms with van der Waals surface area (Å²) in [7, 11) is 1.43. The Bertz CT molecular complexity index is 1660. The molecule has 4 bridgehead atoms. The van der Waals surface area contributed by atoms with Crippen LogP contribution in [0.5, 0.6) is 0 Å². The summed E-state index contributed by atoms with van der Waals surface area (Å²) in [4.78, 5) is 25.4. The number of hydrogen-bond donors (Lipinski definition) is 0. The summed E-state index contributed by atoms with van der Waals surface area (Å²) in [5, 5.41) is 2.05. The van der Waals surface area contributed by atoms with E-state index in [2.05, 4.69) is 43.0 Å². The van der Waals surface area contributed by atoms with Crippen molar-refractivity contribution in [1.82, 2.24) is 0 Å². The second kappa shape index (κ2) is 10.6. The molecule has 42 heavy (non-hydrogen) atoms. The number of carbonyl (C=O) groups is 2. The zero-order chi connectivity index (χ0) is 28.8. The third-order valence-corrected chi connectivity index (χ3v) is 10.0. The van der Waals surface area contributed by atoms with E-state index in [0.717, 1.165) is 50.8 Å². The highest BCUT2D eigenvalue weighted by Crippen LogP contribution is 2.61. The molecule has 4 aromatic carbocycles. The fraction of sp³-hybridized carbons (Fsp3) is 0.316. The van der Waals surface area contributed by atoms with Gasteiger partial charge in [0.05, 0.1) is 18.2 Å². The van der Waals surface area contributed by atoms with E-state index in [-0.39, 0.29) is 24.0 Å². The van der Waals surface area contributed by atoms with E-state index in [1.165, 1.54) is 51.2 Å². The summed E-state index contributed by atoms with van der Waals surface area (Å²) in [5.41, 5.74) is 6.51. The minimum atomic E-state index is -0.363. The van der Waals surface area contributed by atoms with Crippen LogP contribution in [-0.4, -0.2) is 19.0 Å². The van der Waals surface area contributed by atoms with E-state index in [1.807, 2.05) is 48.5 Å². The van der Waals surface area contributed by atoms with Crippen LogP contribution in [-0.2, 0) is 26.3 Å². The van der Waals surface area contributed by atoms with Gasteiger partial charge in [0.15, 0.2) is 0 Å². The predicted molar refractivity (Wildman–Crippen MR) is 166 cm³/mol. The van der Waals surface area contributed by atoms with Gasteiger partial charge in [-0.25, -0.2) is 9.59 Å². The van der Waals surface area contributed by atoms with Crippen molar-refractivity contribution in [3.8, 4) is 11.1 Å². The molecule has 4 nitrogen and oxygen atoms in total. The molecule has 0 aromatic heterocycles. The average Bonchev–Trinajstić information content (AvgIpc) is 3.02. The van der Waals surface area contributed by atoms with Gasteiger partial charge in [-0.05, 0) is 125 Å². The lowest BCUT2D eigenvalue weighted by Crippen LogP contribution is -2.49. The number of hydrogen-bond acceptors (Lipinski definition) is 4. The molecular formula is C38H36O4. The Morgan fingerprint density at radius 3 is 2.10 bits per heavy atom. The highest BCUT2D eigenvalue weighted by Gasteiger charge is 2.52. The first-order chi connectivity index (χ1) is 20.4. The fourth-order valence-corrected chi connectivity index (χ4v) is 8.46. The number of benzene rings is 4. The molecule has 0 radical (unpaired) electrons. The summed E-state index contributed by atoms with van der Waals surface area (Å²) in [6.07, 6.45) is 7.68. The van der Waals surface area contributed by atoms with Crippen LogP contribution in [0.2, 0.25) is 0 Å². The molecule has 8 rings (SSSR count). The van der Waals surface area contributed by atoms with Gasteiger partial charge in [0.1, 0.15) is 6.61 Å². The lowest BCUT2D eigenvalue weighted by atomic mass is 9.47. The summed E-state index contributed by atoms with van der Waals surface area (Å²) in [5.74, 6) is 1.67. The monoisotopic (exact) mass is 556 g/mol. The van der Waals surface area contributed by atoms with Crippen LogP contribution in [0, 0.1) is 17.8 Å². The van der Waals surface area contributed by atoms with Gasteiger partial charge in [-0.2, -0.15) is 0 Å². The molecule has 0 aliphatic heterocycles. The standard InChI is InChI=1S/C38H36O4/c1-24(36(39)41-2)34-13-12-32(19-35(34)38-20-26-14-27(21-38)16-28(15-26)22-38)30-8-9-31-18-33(11-10-29(31)17-30)37(40)42-23-25-6-4-3-5-7-25/h3-13,17-19,26-28H,1,14-16,20-23H2,2H3. The zero-order valence-electron chi connectivity index (χ0n) is 24.1. The maximum atomic E-state index is 12.7. The fourth-order valence-electron chi connectivity index (χ4n) is 8.46. The number of rotatable bonds is 7. The van der Waals surface area contributed by atoms with Crippen LogP contribution >= 0.6 is 0 Å². The maximum Gasteiger partial charge on any atom is 0.338 e. The molecule has 0 atom stereocenters. The lowest BCUT2D eigenvalue weighted by Gasteiger charge is -2.57. The third-order valence-electron chi connectivity index (χ3n) is 10.0. The first-order valence-corrected chi connectivity index (χ1v) is 15.1. The van der Waals surface area contributed by atoms with Crippen molar-refractivity contribution in [2.24, 2.45) is 17.8 Å². The SMILES string of the molecule is C=C(C(=O)OC)c1ccc(-c2ccc3cc(C(=O)OCc4ccccc4)ccc3c2)cc1C12CC3CC(CC(C3)C1)C2. The average molecular weight is 557 g/mol. The Morgan fingerprint density at radius 2 is 1.40 bits per heavy atom. The van der Waals surface area contributed by atoms with Gasteiger partial charge in [-0.3, -0.25) is 0 Å². The van der Waals surface area contributed by atoms with Crippen LogP contribution < -0.4 is 0 Å². The van der Waals surface area contributed by atoms with Crippen molar-refractivity contribution in [3.63, 3.8) is 0 Å². The van der Waals surface area contributed by atoms with Crippen LogP contribution in [0.15, 0.2) is 91.5 Å². The summed E-state index contributed by atoms with van der Waals surface area (Å²) >= 11 is 0. The molecular weight excluding hydrogens is 520 g/mol. The molecule has 4 saturated carbocycles. The highest BCUT2D eigenvalue weighted by molar-refractivity contribution is 6.16. The molecule has 0 spiro atoms. The van der Waals surface area contributed by atoms with E-state index in [9.17, 15) is 9.59 Å². The smallest absolute Gasteiger partial charge is 0.338 e. The van der Waals surface area contributed by atoms with Gasteiger partial charge in [-0.1, -0.05) is 67.2 Å². The van der Waals surface area contributed by atoms with Crippen LogP contribution in [0.25, 0.3) is 27.5 Å². The normalized spacial score (nSPS) is 24.0. The molecule has 0 amide bonds. The Morgan fingerprint density at radius 1 is 0.786 bits per heavy atom. The molecule has 0 unspecified atom stereocenters. The Kier molecular flexibility index (Phi) is 6.73. The van der Waals surface area contributed by atoms with Crippen molar-refractivity contribution < 1.29 is 19.1 Å².